The molecule has 1 N–H and O–H groups in total. The van der Waals surface area contributed by atoms with E-state index in [0.717, 1.165) is 11.1 Å². The Morgan fingerprint density at radius 2 is 1.81 bits per heavy atom. The topological polar surface area (TPSA) is 98.5 Å². The van der Waals surface area contributed by atoms with Gasteiger partial charge in [0, 0.05) is 11.6 Å². The predicted octanol–water partition coefficient (Wildman–Crippen LogP) is 2.67. The summed E-state index contributed by atoms with van der Waals surface area (Å²) in [6, 6.07) is 17.4. The Morgan fingerprint density at radius 3 is 2.52 bits per heavy atom. The molecule has 0 unspecified atom stereocenters. The fraction of sp³-hybridized carbons (Fsp3) is 0.158. The van der Waals surface area contributed by atoms with Gasteiger partial charge >= 0.3 is 5.97 Å². The molecule has 27 heavy (non-hydrogen) atoms. The lowest BCUT2D eigenvalue weighted by Gasteiger charge is -2.07. The number of ether oxygens (including phenoxy) is 1. The van der Waals surface area contributed by atoms with E-state index in [1.165, 1.54) is 12.1 Å². The van der Waals surface area contributed by atoms with Gasteiger partial charge in [0.05, 0.1) is 4.90 Å². The van der Waals surface area contributed by atoms with Crippen LogP contribution < -0.4 is 4.72 Å². The van der Waals surface area contributed by atoms with E-state index in [0.29, 0.717) is 11.5 Å². The number of benzene rings is 2. The molecule has 0 aliphatic carbocycles. The van der Waals surface area contributed by atoms with Gasteiger partial charge in [-0.3, -0.25) is 4.79 Å². The van der Waals surface area contributed by atoms with Crippen LogP contribution in [-0.4, -0.2) is 26.1 Å². The maximum absolute atomic E-state index is 12.1. The van der Waals surface area contributed by atoms with Crippen LogP contribution in [-0.2, 0) is 26.2 Å². The van der Waals surface area contributed by atoms with Crippen molar-refractivity contribution in [1.82, 2.24) is 9.88 Å². The molecule has 3 rings (SSSR count). The molecule has 1 aromatic heterocycles. The lowest BCUT2D eigenvalue weighted by Crippen LogP contribution is -2.30. The van der Waals surface area contributed by atoms with Gasteiger partial charge in [0.15, 0.2) is 5.76 Å². The number of esters is 1. The lowest BCUT2D eigenvalue weighted by molar-refractivity contribution is -0.143. The second-order valence-corrected chi connectivity index (χ2v) is 7.61. The van der Waals surface area contributed by atoms with Gasteiger partial charge in [0.1, 0.15) is 18.8 Å². The summed E-state index contributed by atoms with van der Waals surface area (Å²) in [6.07, 6.45) is 0. The third-order valence-electron chi connectivity index (χ3n) is 3.74. The molecule has 7 nitrogen and oxygen atoms in total. The molecule has 0 aliphatic rings. The van der Waals surface area contributed by atoms with E-state index in [-0.39, 0.29) is 11.5 Å². The predicted molar refractivity (Wildman–Crippen MR) is 98.1 cm³/mol. The zero-order valence-corrected chi connectivity index (χ0v) is 15.4. The van der Waals surface area contributed by atoms with Crippen molar-refractivity contribution in [3.63, 3.8) is 0 Å². The van der Waals surface area contributed by atoms with Crippen LogP contribution in [0.15, 0.2) is 70.1 Å². The summed E-state index contributed by atoms with van der Waals surface area (Å²) >= 11 is 0. The molecule has 1 heterocycles. The van der Waals surface area contributed by atoms with Gasteiger partial charge in [0.2, 0.25) is 10.0 Å². The number of nitrogens with zero attached hydrogens (tertiary/aromatic N) is 1. The first-order valence-corrected chi connectivity index (χ1v) is 9.65. The fourth-order valence-corrected chi connectivity index (χ4v) is 3.25. The van der Waals surface area contributed by atoms with E-state index in [9.17, 15) is 13.2 Å². The van der Waals surface area contributed by atoms with Crippen molar-refractivity contribution >= 4 is 16.0 Å². The first kappa shape index (κ1) is 18.8. The normalized spacial score (nSPS) is 11.3. The SMILES string of the molecule is Cc1ccc(S(=O)(=O)NCC(=O)OCc2cc(-c3ccccc3)on2)cc1. The summed E-state index contributed by atoms with van der Waals surface area (Å²) < 4.78 is 36.7. The molecular weight excluding hydrogens is 368 g/mol. The van der Waals surface area contributed by atoms with Crippen LogP contribution in [0.2, 0.25) is 0 Å². The minimum Gasteiger partial charge on any atom is -0.458 e. The highest BCUT2D eigenvalue weighted by Crippen LogP contribution is 2.20. The number of carbonyl (C=O) groups is 1. The molecule has 8 heteroatoms. The van der Waals surface area contributed by atoms with Crippen LogP contribution in [0, 0.1) is 6.92 Å². The summed E-state index contributed by atoms with van der Waals surface area (Å²) in [7, 11) is -3.77. The molecule has 0 spiro atoms. The second-order valence-electron chi connectivity index (χ2n) is 5.85. The van der Waals surface area contributed by atoms with Crippen molar-refractivity contribution in [3.05, 3.63) is 71.9 Å². The van der Waals surface area contributed by atoms with E-state index in [2.05, 4.69) is 9.88 Å². The van der Waals surface area contributed by atoms with Gasteiger partial charge in [-0.2, -0.15) is 4.72 Å². The van der Waals surface area contributed by atoms with E-state index < -0.39 is 22.5 Å². The van der Waals surface area contributed by atoms with Crippen LogP contribution in [0.1, 0.15) is 11.3 Å². The van der Waals surface area contributed by atoms with Gasteiger partial charge < -0.3 is 9.26 Å². The molecule has 140 valence electrons. The Hall–Kier alpha value is -2.97. The largest absolute Gasteiger partial charge is 0.458 e. The second kappa shape index (κ2) is 8.15. The smallest absolute Gasteiger partial charge is 0.321 e. The average molecular weight is 386 g/mol. The van der Waals surface area contributed by atoms with Crippen molar-refractivity contribution in [2.45, 2.75) is 18.4 Å². The monoisotopic (exact) mass is 386 g/mol. The van der Waals surface area contributed by atoms with Crippen molar-refractivity contribution in [2.24, 2.45) is 0 Å². The molecule has 0 saturated carbocycles. The van der Waals surface area contributed by atoms with Gasteiger partial charge in [0.25, 0.3) is 0 Å². The van der Waals surface area contributed by atoms with Gasteiger partial charge in [-0.25, -0.2) is 8.42 Å². The van der Waals surface area contributed by atoms with Crippen LogP contribution >= 0.6 is 0 Å². The summed E-state index contributed by atoms with van der Waals surface area (Å²) in [5.41, 5.74) is 2.23. The standard InChI is InChI=1S/C19H18N2O5S/c1-14-7-9-17(10-8-14)27(23,24)20-12-19(22)25-13-16-11-18(26-21-16)15-5-3-2-4-6-15/h2-11,20H,12-13H2,1H3. The van der Waals surface area contributed by atoms with Gasteiger partial charge in [-0.15, -0.1) is 0 Å². The Bertz CT molecular complexity index is 1010. The minimum atomic E-state index is -3.77. The Balaban J connectivity index is 1.51. The van der Waals surface area contributed by atoms with Crippen molar-refractivity contribution in [3.8, 4) is 11.3 Å². The number of carbonyl (C=O) groups excluding carboxylic acids is 1. The van der Waals surface area contributed by atoms with Crippen molar-refractivity contribution in [1.29, 1.82) is 0 Å². The number of sulfonamides is 1. The molecule has 0 bridgehead atoms. The minimum absolute atomic E-state index is 0.0879. The highest BCUT2D eigenvalue weighted by molar-refractivity contribution is 7.89. The highest BCUT2D eigenvalue weighted by Gasteiger charge is 2.16. The third kappa shape index (κ3) is 5.02. The third-order valence-corrected chi connectivity index (χ3v) is 5.15. The first-order valence-electron chi connectivity index (χ1n) is 8.17. The molecule has 3 aromatic rings. The zero-order chi connectivity index (χ0) is 19.3. The number of rotatable bonds is 7. The fourth-order valence-electron chi connectivity index (χ4n) is 2.28. The van der Waals surface area contributed by atoms with Crippen LogP contribution in [0.3, 0.4) is 0 Å². The zero-order valence-electron chi connectivity index (χ0n) is 14.6. The molecule has 0 aliphatic heterocycles. The molecule has 0 radical (unpaired) electrons. The molecule has 0 fully saturated rings. The molecule has 0 atom stereocenters. The maximum atomic E-state index is 12.1. The number of aryl methyl sites for hydroxylation is 1. The number of nitrogens with one attached hydrogen (secondary N) is 1. The average Bonchev–Trinajstić information content (AvgIpc) is 3.15. The molecule has 2 aromatic carbocycles. The van der Waals surface area contributed by atoms with Crippen LogP contribution in [0.4, 0.5) is 0 Å². The van der Waals surface area contributed by atoms with E-state index >= 15 is 0 Å². The van der Waals surface area contributed by atoms with Gasteiger partial charge in [-0.05, 0) is 19.1 Å². The lowest BCUT2D eigenvalue weighted by atomic mass is 10.2. The van der Waals surface area contributed by atoms with E-state index in [1.54, 1.807) is 18.2 Å². The maximum Gasteiger partial charge on any atom is 0.321 e. The Kier molecular flexibility index (Phi) is 5.68. The number of aromatic nitrogens is 1. The van der Waals surface area contributed by atoms with Gasteiger partial charge in [-0.1, -0.05) is 53.2 Å². The number of hydrogen-bond donors (Lipinski definition) is 1. The highest BCUT2D eigenvalue weighted by atomic mass is 32.2. The summed E-state index contributed by atoms with van der Waals surface area (Å²) in [6.45, 7) is 1.27. The number of hydrogen-bond acceptors (Lipinski definition) is 6. The molecular formula is C19H18N2O5S. The van der Waals surface area contributed by atoms with E-state index in [1.807, 2.05) is 37.3 Å². The Morgan fingerprint density at radius 1 is 1.11 bits per heavy atom. The first-order chi connectivity index (χ1) is 12.9. The van der Waals surface area contributed by atoms with Crippen molar-refractivity contribution < 1.29 is 22.5 Å². The van der Waals surface area contributed by atoms with Crippen molar-refractivity contribution in [2.75, 3.05) is 6.54 Å². The Labute approximate surface area is 157 Å². The summed E-state index contributed by atoms with van der Waals surface area (Å²) in [4.78, 5) is 11.9. The van der Waals surface area contributed by atoms with Crippen LogP contribution in [0.25, 0.3) is 11.3 Å². The summed E-state index contributed by atoms with van der Waals surface area (Å²) in [5.74, 6) is -0.156. The molecule has 0 amide bonds. The molecule has 0 saturated heterocycles. The summed E-state index contributed by atoms with van der Waals surface area (Å²) in [5, 5.41) is 3.84. The van der Waals surface area contributed by atoms with Crippen LogP contribution in [0.5, 0.6) is 0 Å². The van der Waals surface area contributed by atoms with E-state index in [4.69, 9.17) is 9.26 Å². The quantitative estimate of drug-likeness (QED) is 0.627.